The lowest BCUT2D eigenvalue weighted by Crippen LogP contribution is -2.53. The third-order valence-electron chi connectivity index (χ3n) is 4.03. The molecular weight excluding hydrogens is 308 g/mol. The lowest BCUT2D eigenvalue weighted by Gasteiger charge is -2.34. The van der Waals surface area contributed by atoms with Crippen LogP contribution in [0.4, 0.5) is 0 Å². The van der Waals surface area contributed by atoms with Gasteiger partial charge in [0.25, 0.3) is 0 Å². The van der Waals surface area contributed by atoms with Crippen molar-refractivity contribution in [2.45, 2.75) is 40.2 Å². The Balaban J connectivity index is 0.00000400. The molecule has 1 fully saturated rings. The smallest absolute Gasteiger partial charge is 0.240 e. The molecular formula is C15H31ClN2O2S. The zero-order valence-electron chi connectivity index (χ0n) is 13.7. The molecule has 1 heterocycles. The van der Waals surface area contributed by atoms with Crippen LogP contribution in [0.1, 0.15) is 34.1 Å². The highest BCUT2D eigenvalue weighted by atomic mass is 35.5. The van der Waals surface area contributed by atoms with Crippen molar-refractivity contribution in [3.8, 4) is 0 Å². The molecule has 0 aromatic carbocycles. The van der Waals surface area contributed by atoms with Crippen LogP contribution in [0.25, 0.3) is 0 Å². The van der Waals surface area contributed by atoms with Gasteiger partial charge in [-0.3, -0.25) is 4.79 Å². The molecule has 126 valence electrons. The average molecular weight is 339 g/mol. The van der Waals surface area contributed by atoms with E-state index in [1.54, 1.807) is 0 Å². The van der Waals surface area contributed by atoms with Gasteiger partial charge in [-0.1, -0.05) is 34.1 Å². The Kier molecular flexibility index (Phi) is 9.94. The number of amides is 1. The summed E-state index contributed by atoms with van der Waals surface area (Å²) in [5, 5.41) is 12.8. The maximum atomic E-state index is 12.7. The van der Waals surface area contributed by atoms with Crippen molar-refractivity contribution in [2.24, 2.45) is 11.3 Å². The highest BCUT2D eigenvalue weighted by molar-refractivity contribution is 7.99. The van der Waals surface area contributed by atoms with Crippen LogP contribution in [0.15, 0.2) is 0 Å². The monoisotopic (exact) mass is 338 g/mol. The van der Waals surface area contributed by atoms with Crippen LogP contribution in [-0.2, 0) is 4.79 Å². The Hall–Kier alpha value is 0.0300. The number of carbonyl (C=O) groups excluding carboxylic acids is 1. The molecule has 0 saturated carbocycles. The Morgan fingerprint density at radius 1 is 1.38 bits per heavy atom. The molecule has 2 N–H and O–H groups in total. The van der Waals surface area contributed by atoms with Gasteiger partial charge in [0.05, 0.1) is 6.04 Å². The lowest BCUT2D eigenvalue weighted by atomic mass is 9.92. The first kappa shape index (κ1) is 21.0. The first-order valence-corrected chi connectivity index (χ1v) is 8.77. The summed E-state index contributed by atoms with van der Waals surface area (Å²) in [6.07, 6.45) is 0.978. The van der Waals surface area contributed by atoms with Crippen molar-refractivity contribution in [3.63, 3.8) is 0 Å². The zero-order valence-corrected chi connectivity index (χ0v) is 15.4. The molecule has 1 saturated heterocycles. The molecule has 0 aliphatic carbocycles. The molecule has 0 radical (unpaired) electrons. The van der Waals surface area contributed by atoms with Crippen LogP contribution in [0.2, 0.25) is 0 Å². The molecule has 2 atom stereocenters. The van der Waals surface area contributed by atoms with E-state index < -0.39 is 0 Å². The van der Waals surface area contributed by atoms with E-state index in [-0.39, 0.29) is 36.4 Å². The van der Waals surface area contributed by atoms with E-state index >= 15 is 0 Å². The highest BCUT2D eigenvalue weighted by Gasteiger charge is 2.30. The van der Waals surface area contributed by atoms with Gasteiger partial charge >= 0.3 is 0 Å². The van der Waals surface area contributed by atoms with E-state index in [1.807, 2.05) is 30.5 Å². The maximum Gasteiger partial charge on any atom is 0.240 e. The first-order valence-electron chi connectivity index (χ1n) is 7.62. The van der Waals surface area contributed by atoms with E-state index in [4.69, 9.17) is 0 Å². The van der Waals surface area contributed by atoms with Gasteiger partial charge in [0.15, 0.2) is 0 Å². The minimum absolute atomic E-state index is 0. The summed E-state index contributed by atoms with van der Waals surface area (Å²) >= 11 is 1.92. The molecule has 1 rings (SSSR count). The Morgan fingerprint density at radius 2 is 1.95 bits per heavy atom. The molecule has 0 aromatic rings. The van der Waals surface area contributed by atoms with E-state index in [1.165, 1.54) is 0 Å². The van der Waals surface area contributed by atoms with Gasteiger partial charge in [-0.2, -0.15) is 11.8 Å². The molecule has 0 aromatic heterocycles. The predicted octanol–water partition coefficient (Wildman–Crippen LogP) is 2.01. The van der Waals surface area contributed by atoms with E-state index in [0.717, 1.165) is 31.0 Å². The van der Waals surface area contributed by atoms with Crippen LogP contribution < -0.4 is 5.32 Å². The molecule has 1 aliphatic heterocycles. The highest BCUT2D eigenvalue weighted by Crippen LogP contribution is 2.18. The fraction of sp³-hybridized carbons (Fsp3) is 0.933. The summed E-state index contributed by atoms with van der Waals surface area (Å²) in [6.45, 7) is 10.8. The summed E-state index contributed by atoms with van der Waals surface area (Å²) in [4.78, 5) is 14.7. The number of carbonyl (C=O) groups is 1. The molecule has 0 unspecified atom stereocenters. The first-order chi connectivity index (χ1) is 9.41. The van der Waals surface area contributed by atoms with E-state index in [2.05, 4.69) is 19.2 Å². The number of aliphatic hydroxyl groups excluding tert-OH is 1. The van der Waals surface area contributed by atoms with Crippen LogP contribution in [-0.4, -0.2) is 59.7 Å². The fourth-order valence-corrected chi connectivity index (χ4v) is 3.09. The molecule has 0 bridgehead atoms. The van der Waals surface area contributed by atoms with Gasteiger partial charge < -0.3 is 15.3 Å². The van der Waals surface area contributed by atoms with E-state index in [9.17, 15) is 9.90 Å². The number of nitrogens with one attached hydrogen (secondary N) is 1. The summed E-state index contributed by atoms with van der Waals surface area (Å²) < 4.78 is 0. The lowest BCUT2D eigenvalue weighted by molar-refractivity contribution is -0.134. The van der Waals surface area contributed by atoms with Crippen molar-refractivity contribution in [1.82, 2.24) is 10.2 Å². The summed E-state index contributed by atoms with van der Waals surface area (Å²) in [7, 11) is 0. The van der Waals surface area contributed by atoms with E-state index in [0.29, 0.717) is 12.5 Å². The number of aliphatic hydroxyl groups is 1. The van der Waals surface area contributed by atoms with Gasteiger partial charge in [0.1, 0.15) is 0 Å². The van der Waals surface area contributed by atoms with Crippen molar-refractivity contribution >= 4 is 30.1 Å². The molecule has 4 nitrogen and oxygen atoms in total. The minimum Gasteiger partial charge on any atom is -0.396 e. The second kappa shape index (κ2) is 9.93. The van der Waals surface area contributed by atoms with Gasteiger partial charge in [-0.15, -0.1) is 12.4 Å². The van der Waals surface area contributed by atoms with Crippen molar-refractivity contribution in [3.05, 3.63) is 0 Å². The number of thioether (sulfide) groups is 1. The molecule has 1 amide bonds. The van der Waals surface area contributed by atoms with Crippen LogP contribution in [0.3, 0.4) is 0 Å². The molecule has 1 aliphatic rings. The molecule has 6 heteroatoms. The second-order valence-corrected chi connectivity index (χ2v) is 7.73. The van der Waals surface area contributed by atoms with Gasteiger partial charge in [0.2, 0.25) is 5.91 Å². The van der Waals surface area contributed by atoms with Gasteiger partial charge in [-0.05, 0) is 5.92 Å². The summed E-state index contributed by atoms with van der Waals surface area (Å²) in [6, 6.07) is -0.131. The van der Waals surface area contributed by atoms with Crippen molar-refractivity contribution in [1.29, 1.82) is 0 Å². The average Bonchev–Trinajstić information content (AvgIpc) is 2.47. The SMILES string of the molecule is CC[C@@H](C)[C@H](NCC(C)(C)CO)C(=O)N1CCSCC1.Cl. The minimum atomic E-state index is -0.191. The Bertz CT molecular complexity index is 310. The second-order valence-electron chi connectivity index (χ2n) is 6.50. The maximum absolute atomic E-state index is 12.7. The van der Waals surface area contributed by atoms with Crippen LogP contribution >= 0.6 is 24.2 Å². The zero-order chi connectivity index (χ0) is 15.2. The van der Waals surface area contributed by atoms with Crippen molar-refractivity contribution < 1.29 is 9.90 Å². The van der Waals surface area contributed by atoms with Gasteiger partial charge in [0, 0.05) is 43.2 Å². The Morgan fingerprint density at radius 3 is 2.43 bits per heavy atom. The normalized spacial score (nSPS) is 18.8. The Labute approximate surface area is 139 Å². The standard InChI is InChI=1S/C15H30N2O2S.ClH/c1-5-12(2)13(16-10-15(3,4)11-18)14(19)17-6-8-20-9-7-17;/h12-13,16,18H,5-11H2,1-4H3;1H/t12-,13+;/m1./s1. The number of hydrogen-bond donors (Lipinski definition) is 2. The summed E-state index contributed by atoms with van der Waals surface area (Å²) in [5.41, 5.74) is -0.191. The van der Waals surface area contributed by atoms with Crippen molar-refractivity contribution in [2.75, 3.05) is 37.7 Å². The number of hydrogen-bond acceptors (Lipinski definition) is 4. The third-order valence-corrected chi connectivity index (χ3v) is 4.97. The molecule has 21 heavy (non-hydrogen) atoms. The predicted molar refractivity (Wildman–Crippen MR) is 93.3 cm³/mol. The van der Waals surface area contributed by atoms with Gasteiger partial charge in [-0.25, -0.2) is 0 Å². The molecule has 0 spiro atoms. The largest absolute Gasteiger partial charge is 0.396 e. The van der Waals surface area contributed by atoms with Crippen LogP contribution in [0, 0.1) is 11.3 Å². The number of halogens is 1. The quantitative estimate of drug-likeness (QED) is 0.745. The fourth-order valence-electron chi connectivity index (χ4n) is 2.19. The topological polar surface area (TPSA) is 52.6 Å². The van der Waals surface area contributed by atoms with Crippen LogP contribution in [0.5, 0.6) is 0 Å². The third kappa shape index (κ3) is 6.76. The number of rotatable bonds is 7. The number of nitrogens with zero attached hydrogens (tertiary/aromatic N) is 1. The summed E-state index contributed by atoms with van der Waals surface area (Å²) in [5.74, 6) is 2.63.